The number of aliphatic imine (C=N–C) groups is 1. The number of amides is 2. The van der Waals surface area contributed by atoms with Gasteiger partial charge >= 0.3 is 18.0 Å². The van der Waals surface area contributed by atoms with Crippen LogP contribution in [0.1, 0.15) is 43.8 Å². The maximum atomic E-state index is 14.0. The number of thiazole rings is 1. The number of amidine groups is 1. The molecular formula is C29H34ClFN6O5S. The molecule has 2 atom stereocenters. The van der Waals surface area contributed by atoms with Gasteiger partial charge in [0, 0.05) is 67.1 Å². The molecule has 2 fully saturated rings. The summed E-state index contributed by atoms with van der Waals surface area (Å²) < 4.78 is 19.4. The fourth-order valence-corrected chi connectivity index (χ4v) is 6.34. The molecule has 2 amide bonds. The number of hydrogen-bond acceptors (Lipinski definition) is 9. The Morgan fingerprint density at radius 2 is 2.07 bits per heavy atom. The molecule has 5 rings (SSSR count). The smallest absolute Gasteiger partial charge is 0.338 e. The molecule has 0 saturated carbocycles. The minimum absolute atomic E-state index is 0.0844. The lowest BCUT2D eigenvalue weighted by Crippen LogP contribution is -2.53. The molecule has 3 aliphatic heterocycles. The lowest BCUT2D eigenvalue weighted by molar-refractivity contribution is -0.147. The second-order valence-electron chi connectivity index (χ2n) is 11.4. The average molecular weight is 633 g/mol. The zero-order valence-electron chi connectivity index (χ0n) is 24.2. The zero-order valence-corrected chi connectivity index (χ0v) is 25.8. The van der Waals surface area contributed by atoms with Crippen molar-refractivity contribution in [3.05, 3.63) is 62.5 Å². The van der Waals surface area contributed by atoms with Crippen molar-refractivity contribution in [2.24, 2.45) is 10.4 Å². The SMILES string of the molecule is CCOC(=O)C1=C(CN2CCN3C(=O)N(CCC(C)(C)C(=O)O)C[C@@H]3C2)NC(c2nccs2)=N[C@H]1c1ccc(F)cc1Cl. The van der Waals surface area contributed by atoms with Gasteiger partial charge in [-0.2, -0.15) is 0 Å². The van der Waals surface area contributed by atoms with E-state index < -0.39 is 29.2 Å². The maximum Gasteiger partial charge on any atom is 0.338 e. The summed E-state index contributed by atoms with van der Waals surface area (Å²) in [6.07, 6.45) is 2.01. The van der Waals surface area contributed by atoms with Crippen molar-refractivity contribution in [1.82, 2.24) is 25.0 Å². The molecular weight excluding hydrogens is 599 g/mol. The number of nitrogens with zero attached hydrogens (tertiary/aromatic N) is 5. The number of carboxylic acid groups (broad SMARTS) is 1. The molecule has 230 valence electrons. The number of carbonyl (C=O) groups is 3. The average Bonchev–Trinajstić information content (AvgIpc) is 3.60. The predicted molar refractivity (Wildman–Crippen MR) is 160 cm³/mol. The van der Waals surface area contributed by atoms with E-state index in [0.717, 1.165) is 0 Å². The molecule has 1 aromatic carbocycles. The number of fused-ring (bicyclic) bond motifs is 1. The maximum absolute atomic E-state index is 14.0. The topological polar surface area (TPSA) is 128 Å². The number of ether oxygens (including phenoxy) is 1. The van der Waals surface area contributed by atoms with E-state index in [2.05, 4.69) is 15.2 Å². The molecule has 0 spiro atoms. The molecule has 2 saturated heterocycles. The van der Waals surface area contributed by atoms with E-state index in [1.807, 2.05) is 10.3 Å². The van der Waals surface area contributed by atoms with Crippen molar-refractivity contribution in [2.45, 2.75) is 39.3 Å². The predicted octanol–water partition coefficient (Wildman–Crippen LogP) is 3.77. The first-order chi connectivity index (χ1) is 20.5. The normalized spacial score (nSPS) is 21.0. The highest BCUT2D eigenvalue weighted by atomic mass is 35.5. The molecule has 11 nitrogen and oxygen atoms in total. The van der Waals surface area contributed by atoms with Gasteiger partial charge in [-0.1, -0.05) is 17.7 Å². The van der Waals surface area contributed by atoms with E-state index >= 15 is 0 Å². The number of benzene rings is 1. The Balaban J connectivity index is 1.41. The number of aromatic nitrogens is 1. The zero-order chi connectivity index (χ0) is 30.9. The van der Waals surface area contributed by atoms with Gasteiger partial charge in [-0.15, -0.1) is 11.3 Å². The Labute approximate surface area is 258 Å². The van der Waals surface area contributed by atoms with Crippen LogP contribution in [0.15, 0.2) is 46.0 Å². The summed E-state index contributed by atoms with van der Waals surface area (Å²) in [5.41, 5.74) is 0.379. The first-order valence-electron chi connectivity index (χ1n) is 14.1. The standard InChI is InChI=1S/C29H34ClFN6O5S/c1-4-42-26(38)22-21(33-24(25-32-8-12-43-25)34-23(22)19-6-5-17(31)13-20(19)30)16-35-10-11-37-18(14-35)15-36(28(37)41)9-7-29(2,3)27(39)40/h5-6,8,12-13,18,23H,4,7,9-11,14-16H2,1-3H3,(H,33,34)(H,39,40)/t18-,23-/m0/s1. The van der Waals surface area contributed by atoms with Crippen molar-refractivity contribution >= 4 is 46.7 Å². The third-order valence-corrected chi connectivity index (χ3v) is 9.10. The molecule has 2 aromatic rings. The van der Waals surface area contributed by atoms with E-state index in [1.54, 1.807) is 31.9 Å². The van der Waals surface area contributed by atoms with Crippen molar-refractivity contribution in [1.29, 1.82) is 0 Å². The summed E-state index contributed by atoms with van der Waals surface area (Å²) in [7, 11) is 0. The van der Waals surface area contributed by atoms with Gasteiger partial charge in [0.1, 0.15) is 11.9 Å². The number of rotatable bonds is 10. The number of esters is 1. The molecule has 1 aromatic heterocycles. The number of nitrogens with one attached hydrogen (secondary N) is 1. The number of halogens is 2. The quantitative estimate of drug-likeness (QED) is 0.379. The highest BCUT2D eigenvalue weighted by Crippen LogP contribution is 2.37. The fraction of sp³-hybridized carbons (Fsp3) is 0.483. The highest BCUT2D eigenvalue weighted by molar-refractivity contribution is 7.11. The van der Waals surface area contributed by atoms with Gasteiger partial charge in [-0.3, -0.25) is 14.7 Å². The van der Waals surface area contributed by atoms with Crippen LogP contribution in [0.3, 0.4) is 0 Å². The third kappa shape index (κ3) is 6.53. The van der Waals surface area contributed by atoms with Crippen LogP contribution in [-0.2, 0) is 14.3 Å². The van der Waals surface area contributed by atoms with Crippen LogP contribution in [0.2, 0.25) is 5.02 Å². The second kappa shape index (κ2) is 12.6. The van der Waals surface area contributed by atoms with Crippen LogP contribution in [0.5, 0.6) is 0 Å². The van der Waals surface area contributed by atoms with Gasteiger partial charge in [-0.05, 0) is 39.3 Å². The van der Waals surface area contributed by atoms with E-state index in [-0.39, 0.29) is 29.3 Å². The van der Waals surface area contributed by atoms with Crippen LogP contribution in [-0.4, -0.2) is 101 Å². The van der Waals surface area contributed by atoms with E-state index in [9.17, 15) is 23.9 Å². The van der Waals surface area contributed by atoms with E-state index in [1.165, 1.54) is 29.5 Å². The van der Waals surface area contributed by atoms with Crippen LogP contribution < -0.4 is 5.32 Å². The molecule has 4 heterocycles. The molecule has 43 heavy (non-hydrogen) atoms. The van der Waals surface area contributed by atoms with Crippen LogP contribution in [0.4, 0.5) is 9.18 Å². The minimum Gasteiger partial charge on any atom is -0.481 e. The van der Waals surface area contributed by atoms with E-state index in [0.29, 0.717) is 67.8 Å². The van der Waals surface area contributed by atoms with Crippen molar-refractivity contribution in [3.63, 3.8) is 0 Å². The van der Waals surface area contributed by atoms with Gasteiger partial charge in [-0.25, -0.2) is 19.0 Å². The van der Waals surface area contributed by atoms with Crippen LogP contribution >= 0.6 is 22.9 Å². The first kappa shape index (κ1) is 30.9. The largest absolute Gasteiger partial charge is 0.481 e. The summed E-state index contributed by atoms with van der Waals surface area (Å²) in [4.78, 5) is 53.0. The Hall–Kier alpha value is -3.55. The summed E-state index contributed by atoms with van der Waals surface area (Å²) in [5, 5.41) is 15.4. The van der Waals surface area contributed by atoms with Gasteiger partial charge in [0.15, 0.2) is 10.8 Å². The highest BCUT2D eigenvalue weighted by Gasteiger charge is 2.42. The van der Waals surface area contributed by atoms with Gasteiger partial charge < -0.3 is 25.0 Å². The number of piperazine rings is 1. The first-order valence-corrected chi connectivity index (χ1v) is 15.4. The number of carboxylic acids is 1. The Morgan fingerprint density at radius 3 is 2.74 bits per heavy atom. The van der Waals surface area contributed by atoms with Crippen molar-refractivity contribution < 1.29 is 28.6 Å². The van der Waals surface area contributed by atoms with Gasteiger partial charge in [0.25, 0.3) is 0 Å². The van der Waals surface area contributed by atoms with Crippen molar-refractivity contribution in [3.8, 4) is 0 Å². The lowest BCUT2D eigenvalue weighted by Gasteiger charge is -2.38. The molecule has 14 heteroatoms. The fourth-order valence-electron chi connectivity index (χ4n) is 5.48. The van der Waals surface area contributed by atoms with E-state index in [4.69, 9.17) is 21.3 Å². The Morgan fingerprint density at radius 1 is 1.28 bits per heavy atom. The molecule has 0 unspecified atom stereocenters. The summed E-state index contributed by atoms with van der Waals surface area (Å²) in [6, 6.07) is 2.97. The monoisotopic (exact) mass is 632 g/mol. The number of carbonyl (C=O) groups excluding carboxylic acids is 2. The lowest BCUT2D eigenvalue weighted by atomic mass is 9.89. The number of hydrogen-bond donors (Lipinski definition) is 2. The number of urea groups is 1. The molecule has 3 aliphatic rings. The Kier molecular flexibility index (Phi) is 9.04. The van der Waals surface area contributed by atoms with Crippen LogP contribution in [0.25, 0.3) is 0 Å². The minimum atomic E-state index is -0.932. The van der Waals surface area contributed by atoms with Gasteiger partial charge in [0.2, 0.25) is 0 Å². The summed E-state index contributed by atoms with van der Waals surface area (Å²) in [5.74, 6) is -1.49. The van der Waals surface area contributed by atoms with Crippen LogP contribution in [0, 0.1) is 11.2 Å². The summed E-state index contributed by atoms with van der Waals surface area (Å²) in [6.45, 7) is 7.97. The second-order valence-corrected chi connectivity index (χ2v) is 12.7. The molecule has 0 aliphatic carbocycles. The molecule has 0 radical (unpaired) electrons. The third-order valence-electron chi connectivity index (χ3n) is 7.99. The van der Waals surface area contributed by atoms with Crippen molar-refractivity contribution in [2.75, 3.05) is 45.9 Å². The van der Waals surface area contributed by atoms with Gasteiger partial charge in [0.05, 0.1) is 23.6 Å². The molecule has 2 N–H and O–H groups in total. The molecule has 0 bridgehead atoms. The number of aliphatic carboxylic acids is 1. The summed E-state index contributed by atoms with van der Waals surface area (Å²) >= 11 is 7.87. The Bertz CT molecular complexity index is 1470.